The number of amides is 1. The Labute approximate surface area is 138 Å². The van der Waals surface area contributed by atoms with Crippen LogP contribution in [0.1, 0.15) is 45.1 Å². The normalized spacial score (nSPS) is 15.8. The molecule has 128 valence electrons. The third-order valence-corrected chi connectivity index (χ3v) is 4.61. The quantitative estimate of drug-likeness (QED) is 0.748. The van der Waals surface area contributed by atoms with Crippen LogP contribution in [0, 0.1) is 5.92 Å². The molecule has 0 radical (unpaired) electrons. The van der Waals surface area contributed by atoms with Crippen LogP contribution in [0.25, 0.3) is 0 Å². The van der Waals surface area contributed by atoms with Gasteiger partial charge in [-0.2, -0.15) is 8.42 Å². The summed E-state index contributed by atoms with van der Waals surface area (Å²) in [6.07, 6.45) is 5.21. The predicted molar refractivity (Wildman–Crippen MR) is 89.6 cm³/mol. The van der Waals surface area contributed by atoms with Crippen LogP contribution in [0.5, 0.6) is 5.75 Å². The van der Waals surface area contributed by atoms with Crippen molar-refractivity contribution in [3.63, 3.8) is 0 Å². The van der Waals surface area contributed by atoms with E-state index in [9.17, 15) is 13.2 Å². The van der Waals surface area contributed by atoms with Crippen LogP contribution in [0.15, 0.2) is 24.3 Å². The highest BCUT2D eigenvalue weighted by molar-refractivity contribution is 7.86. The van der Waals surface area contributed by atoms with Crippen LogP contribution in [-0.4, -0.2) is 31.5 Å². The maximum atomic E-state index is 12.7. The lowest BCUT2D eigenvalue weighted by molar-refractivity contribution is -0.137. The smallest absolute Gasteiger partial charge is 0.306 e. The van der Waals surface area contributed by atoms with Crippen molar-refractivity contribution in [2.45, 2.75) is 52.1 Å². The Morgan fingerprint density at radius 2 is 1.96 bits per heavy atom. The van der Waals surface area contributed by atoms with Gasteiger partial charge in [0.05, 0.1) is 6.26 Å². The molecular formula is C17H25NO4S. The number of hydrogen-bond acceptors (Lipinski definition) is 4. The Kier molecular flexibility index (Phi) is 5.68. The van der Waals surface area contributed by atoms with Gasteiger partial charge in [-0.15, -0.1) is 0 Å². The standard InChI is InChI=1S/C17H25NO4S/c1-13(2)18(17(19)15-8-4-5-9-15)12-14-7-6-10-16(11-14)22-23(3,20)21/h6-7,10-11,13,15H,4-5,8-9,12H2,1-3H3. The van der Waals surface area contributed by atoms with Crippen molar-refractivity contribution >= 4 is 16.0 Å². The number of nitrogens with zero attached hydrogens (tertiary/aromatic N) is 1. The van der Waals surface area contributed by atoms with Crippen LogP contribution >= 0.6 is 0 Å². The Morgan fingerprint density at radius 1 is 1.30 bits per heavy atom. The van der Waals surface area contributed by atoms with E-state index in [1.807, 2.05) is 24.8 Å². The molecule has 0 aliphatic heterocycles. The fourth-order valence-corrected chi connectivity index (χ4v) is 3.44. The lowest BCUT2D eigenvalue weighted by Gasteiger charge is -2.29. The number of carbonyl (C=O) groups excluding carboxylic acids is 1. The summed E-state index contributed by atoms with van der Waals surface area (Å²) >= 11 is 0. The molecule has 1 aromatic carbocycles. The van der Waals surface area contributed by atoms with Crippen LogP contribution in [0.4, 0.5) is 0 Å². The SMILES string of the molecule is CC(C)N(Cc1cccc(OS(C)(=O)=O)c1)C(=O)C1CCCC1. The summed E-state index contributed by atoms with van der Waals surface area (Å²) in [7, 11) is -3.55. The highest BCUT2D eigenvalue weighted by Crippen LogP contribution is 2.28. The molecule has 1 amide bonds. The molecule has 0 saturated heterocycles. The average Bonchev–Trinajstić information content (AvgIpc) is 2.96. The van der Waals surface area contributed by atoms with Crippen molar-refractivity contribution in [3.8, 4) is 5.75 Å². The van der Waals surface area contributed by atoms with Crippen molar-refractivity contribution in [2.24, 2.45) is 5.92 Å². The molecule has 1 aliphatic rings. The van der Waals surface area contributed by atoms with Gasteiger partial charge in [0.15, 0.2) is 0 Å². The number of rotatable bonds is 6. The molecule has 0 spiro atoms. The maximum Gasteiger partial charge on any atom is 0.306 e. The number of benzene rings is 1. The van der Waals surface area contributed by atoms with Crippen LogP contribution in [0.3, 0.4) is 0 Å². The molecule has 1 aromatic rings. The third kappa shape index (κ3) is 5.23. The highest BCUT2D eigenvalue weighted by Gasteiger charge is 2.28. The van der Waals surface area contributed by atoms with E-state index in [0.717, 1.165) is 37.5 Å². The zero-order valence-corrected chi connectivity index (χ0v) is 14.8. The van der Waals surface area contributed by atoms with E-state index in [1.165, 1.54) is 0 Å². The van der Waals surface area contributed by atoms with Gasteiger partial charge in [0.1, 0.15) is 5.75 Å². The van der Waals surface area contributed by atoms with Gasteiger partial charge in [-0.3, -0.25) is 4.79 Å². The molecule has 5 nitrogen and oxygen atoms in total. The van der Waals surface area contributed by atoms with Crippen molar-refractivity contribution in [1.82, 2.24) is 4.90 Å². The molecule has 0 aromatic heterocycles. The first-order valence-electron chi connectivity index (χ1n) is 8.05. The second kappa shape index (κ2) is 7.34. The number of hydrogen-bond donors (Lipinski definition) is 0. The summed E-state index contributed by atoms with van der Waals surface area (Å²) in [6.45, 7) is 4.47. The fraction of sp³-hybridized carbons (Fsp3) is 0.588. The molecule has 0 heterocycles. The van der Waals surface area contributed by atoms with Gasteiger partial charge in [0.2, 0.25) is 5.91 Å². The summed E-state index contributed by atoms with van der Waals surface area (Å²) in [5.74, 6) is 0.613. The minimum atomic E-state index is -3.55. The Bertz CT molecular complexity index is 648. The Hall–Kier alpha value is -1.56. The van der Waals surface area contributed by atoms with Gasteiger partial charge < -0.3 is 9.08 Å². The zero-order valence-electron chi connectivity index (χ0n) is 14.0. The van der Waals surface area contributed by atoms with E-state index in [2.05, 4.69) is 0 Å². The van der Waals surface area contributed by atoms with E-state index in [-0.39, 0.29) is 23.6 Å². The second-order valence-corrected chi connectivity index (χ2v) is 8.05. The summed E-state index contributed by atoms with van der Waals surface area (Å²) in [5, 5.41) is 0. The first-order valence-corrected chi connectivity index (χ1v) is 9.87. The van der Waals surface area contributed by atoms with E-state index < -0.39 is 10.1 Å². The summed E-state index contributed by atoms with van der Waals surface area (Å²) in [4.78, 5) is 14.6. The van der Waals surface area contributed by atoms with Gasteiger partial charge in [-0.25, -0.2) is 0 Å². The van der Waals surface area contributed by atoms with Crippen molar-refractivity contribution in [2.75, 3.05) is 6.26 Å². The first-order chi connectivity index (χ1) is 10.8. The van der Waals surface area contributed by atoms with Gasteiger partial charge in [0, 0.05) is 18.5 Å². The molecule has 0 N–H and O–H groups in total. The van der Waals surface area contributed by atoms with Crippen molar-refractivity contribution in [1.29, 1.82) is 0 Å². The summed E-state index contributed by atoms with van der Waals surface area (Å²) < 4.78 is 27.4. The second-order valence-electron chi connectivity index (χ2n) is 6.48. The summed E-state index contributed by atoms with van der Waals surface area (Å²) in [6, 6.07) is 7.00. The van der Waals surface area contributed by atoms with Crippen LogP contribution in [-0.2, 0) is 21.5 Å². The fourth-order valence-electron chi connectivity index (χ4n) is 2.99. The van der Waals surface area contributed by atoms with Gasteiger partial charge in [0.25, 0.3) is 0 Å². The lowest BCUT2D eigenvalue weighted by Crippen LogP contribution is -2.39. The monoisotopic (exact) mass is 339 g/mol. The largest absolute Gasteiger partial charge is 0.383 e. The molecule has 6 heteroatoms. The molecule has 0 bridgehead atoms. The molecule has 1 saturated carbocycles. The minimum absolute atomic E-state index is 0.0996. The Balaban J connectivity index is 2.13. The minimum Gasteiger partial charge on any atom is -0.383 e. The predicted octanol–water partition coefficient (Wildman–Crippen LogP) is 2.95. The third-order valence-electron chi connectivity index (χ3n) is 4.11. The summed E-state index contributed by atoms with van der Waals surface area (Å²) in [5.41, 5.74) is 0.867. The average molecular weight is 339 g/mol. The molecular weight excluding hydrogens is 314 g/mol. The lowest BCUT2D eigenvalue weighted by atomic mass is 10.0. The molecule has 23 heavy (non-hydrogen) atoms. The maximum absolute atomic E-state index is 12.7. The van der Waals surface area contributed by atoms with E-state index in [0.29, 0.717) is 6.54 Å². The van der Waals surface area contributed by atoms with Crippen LogP contribution < -0.4 is 4.18 Å². The highest BCUT2D eigenvalue weighted by atomic mass is 32.2. The molecule has 1 fully saturated rings. The van der Waals surface area contributed by atoms with E-state index >= 15 is 0 Å². The molecule has 2 rings (SSSR count). The van der Waals surface area contributed by atoms with E-state index in [1.54, 1.807) is 18.2 Å². The van der Waals surface area contributed by atoms with Crippen molar-refractivity contribution < 1.29 is 17.4 Å². The molecule has 0 unspecified atom stereocenters. The molecule has 0 atom stereocenters. The first kappa shape index (κ1) is 17.8. The molecule has 1 aliphatic carbocycles. The topological polar surface area (TPSA) is 63.7 Å². The Morgan fingerprint density at radius 3 is 2.52 bits per heavy atom. The number of carbonyl (C=O) groups is 1. The van der Waals surface area contributed by atoms with Gasteiger partial charge in [-0.1, -0.05) is 25.0 Å². The van der Waals surface area contributed by atoms with E-state index in [4.69, 9.17) is 4.18 Å². The van der Waals surface area contributed by atoms with Crippen molar-refractivity contribution in [3.05, 3.63) is 29.8 Å². The van der Waals surface area contributed by atoms with Crippen LogP contribution in [0.2, 0.25) is 0 Å². The van der Waals surface area contributed by atoms with Gasteiger partial charge in [-0.05, 0) is 44.4 Å². The van der Waals surface area contributed by atoms with Gasteiger partial charge >= 0.3 is 10.1 Å². The zero-order chi connectivity index (χ0) is 17.0.